The Morgan fingerprint density at radius 1 is 1.28 bits per heavy atom. The van der Waals surface area contributed by atoms with Crippen molar-refractivity contribution in [1.29, 1.82) is 0 Å². The van der Waals surface area contributed by atoms with Crippen molar-refractivity contribution in [2.45, 2.75) is 39.2 Å². The Bertz CT molecular complexity index is 754. The number of rotatable bonds is 4. The minimum Gasteiger partial charge on any atom is -0.451 e. The molecule has 0 saturated carbocycles. The number of oxazole rings is 1. The van der Waals surface area contributed by atoms with Gasteiger partial charge in [-0.3, -0.25) is 4.79 Å². The maximum absolute atomic E-state index is 12.3. The van der Waals surface area contributed by atoms with Crippen LogP contribution >= 0.6 is 0 Å². The van der Waals surface area contributed by atoms with Crippen LogP contribution in [0.2, 0.25) is 0 Å². The van der Waals surface area contributed by atoms with Gasteiger partial charge in [-0.05, 0) is 45.2 Å². The smallest absolute Gasteiger partial charge is 0.361 e. The average Bonchev–Trinajstić information content (AvgIpc) is 3.02. The predicted octanol–water partition coefficient (Wildman–Crippen LogP) is 3.21. The van der Waals surface area contributed by atoms with E-state index < -0.39 is 5.97 Å². The second kappa shape index (κ2) is 7.51. The zero-order chi connectivity index (χ0) is 17.8. The number of piperidine rings is 1. The van der Waals surface area contributed by atoms with Gasteiger partial charge in [-0.1, -0.05) is 18.2 Å². The summed E-state index contributed by atoms with van der Waals surface area (Å²) in [7, 11) is 0. The Hall–Kier alpha value is -2.63. The molecule has 2 aromatic rings. The van der Waals surface area contributed by atoms with Crippen LogP contribution in [0.25, 0.3) is 11.5 Å². The Morgan fingerprint density at radius 2 is 2.04 bits per heavy atom. The van der Waals surface area contributed by atoms with Crippen molar-refractivity contribution in [1.82, 2.24) is 9.88 Å². The fraction of sp³-hybridized carbons (Fsp3) is 0.421. The van der Waals surface area contributed by atoms with E-state index in [9.17, 15) is 9.59 Å². The molecule has 132 valence electrons. The van der Waals surface area contributed by atoms with Crippen molar-refractivity contribution >= 4 is 11.9 Å². The highest BCUT2D eigenvalue weighted by atomic mass is 16.5. The van der Waals surface area contributed by atoms with Crippen LogP contribution < -0.4 is 0 Å². The standard InChI is InChI=1S/C19H22N2O4/c1-13-8-6-7-11-21(13)16(22)12-24-19(23)17-14(2)25-18(20-17)15-9-4-3-5-10-15/h3-5,9-10,13H,6-8,11-12H2,1-2H3/t13-/m1/s1. The quantitative estimate of drug-likeness (QED) is 0.798. The Labute approximate surface area is 146 Å². The predicted molar refractivity (Wildman–Crippen MR) is 92.0 cm³/mol. The normalized spacial score (nSPS) is 17.4. The molecule has 0 radical (unpaired) electrons. The SMILES string of the molecule is Cc1oc(-c2ccccc2)nc1C(=O)OCC(=O)N1CCCC[C@H]1C. The van der Waals surface area contributed by atoms with Crippen molar-refractivity contribution in [2.75, 3.05) is 13.2 Å². The molecule has 0 spiro atoms. The van der Waals surface area contributed by atoms with Crippen LogP contribution in [-0.4, -0.2) is 41.0 Å². The number of esters is 1. The van der Waals surface area contributed by atoms with E-state index in [0.29, 0.717) is 11.7 Å². The Morgan fingerprint density at radius 3 is 2.76 bits per heavy atom. The number of carbonyl (C=O) groups excluding carboxylic acids is 2. The fourth-order valence-electron chi connectivity index (χ4n) is 3.04. The fourth-order valence-corrected chi connectivity index (χ4v) is 3.04. The van der Waals surface area contributed by atoms with E-state index in [2.05, 4.69) is 4.98 Å². The molecule has 25 heavy (non-hydrogen) atoms. The van der Waals surface area contributed by atoms with Crippen LogP contribution in [0.1, 0.15) is 42.4 Å². The summed E-state index contributed by atoms with van der Waals surface area (Å²) in [5, 5.41) is 0. The van der Waals surface area contributed by atoms with Crippen LogP contribution in [-0.2, 0) is 9.53 Å². The highest BCUT2D eigenvalue weighted by molar-refractivity contribution is 5.91. The molecular formula is C19H22N2O4. The third-order valence-electron chi connectivity index (χ3n) is 4.46. The molecule has 3 rings (SSSR count). The van der Waals surface area contributed by atoms with Gasteiger partial charge in [-0.25, -0.2) is 9.78 Å². The average molecular weight is 342 g/mol. The third-order valence-corrected chi connectivity index (χ3v) is 4.46. The largest absolute Gasteiger partial charge is 0.451 e. The number of nitrogens with zero attached hydrogens (tertiary/aromatic N) is 2. The van der Waals surface area contributed by atoms with E-state index in [1.807, 2.05) is 37.3 Å². The molecule has 1 amide bonds. The van der Waals surface area contributed by atoms with Gasteiger partial charge in [-0.15, -0.1) is 0 Å². The second-order valence-electron chi connectivity index (χ2n) is 6.30. The molecule has 1 aromatic heterocycles. The van der Waals surface area contributed by atoms with Crippen LogP contribution in [0, 0.1) is 6.92 Å². The number of ether oxygens (including phenoxy) is 1. The maximum atomic E-state index is 12.3. The number of aryl methyl sites for hydroxylation is 1. The molecule has 1 aromatic carbocycles. The highest BCUT2D eigenvalue weighted by Crippen LogP contribution is 2.22. The number of hydrogen-bond acceptors (Lipinski definition) is 5. The molecule has 1 aliphatic rings. The zero-order valence-electron chi connectivity index (χ0n) is 14.5. The van der Waals surface area contributed by atoms with Gasteiger partial charge in [0.15, 0.2) is 12.3 Å². The van der Waals surface area contributed by atoms with E-state index in [0.717, 1.165) is 31.4 Å². The maximum Gasteiger partial charge on any atom is 0.361 e. The van der Waals surface area contributed by atoms with Crippen molar-refractivity contribution in [2.24, 2.45) is 0 Å². The van der Waals surface area contributed by atoms with Crippen molar-refractivity contribution in [3.63, 3.8) is 0 Å². The summed E-state index contributed by atoms with van der Waals surface area (Å²) in [6.45, 7) is 4.13. The van der Waals surface area contributed by atoms with Gasteiger partial charge in [0.2, 0.25) is 5.89 Å². The number of benzene rings is 1. The molecule has 2 heterocycles. The van der Waals surface area contributed by atoms with E-state index in [-0.39, 0.29) is 24.2 Å². The Balaban J connectivity index is 1.64. The molecule has 0 N–H and O–H groups in total. The molecule has 0 aliphatic carbocycles. The molecular weight excluding hydrogens is 320 g/mol. The summed E-state index contributed by atoms with van der Waals surface area (Å²) >= 11 is 0. The number of amides is 1. The zero-order valence-corrected chi connectivity index (χ0v) is 14.5. The van der Waals surface area contributed by atoms with E-state index in [1.54, 1.807) is 11.8 Å². The van der Waals surface area contributed by atoms with Crippen LogP contribution in [0.3, 0.4) is 0 Å². The molecule has 1 saturated heterocycles. The van der Waals surface area contributed by atoms with Crippen LogP contribution in [0.5, 0.6) is 0 Å². The number of hydrogen-bond donors (Lipinski definition) is 0. The van der Waals surface area contributed by atoms with Gasteiger partial charge in [0.25, 0.3) is 5.91 Å². The summed E-state index contributed by atoms with van der Waals surface area (Å²) in [6.07, 6.45) is 3.11. The molecule has 6 nitrogen and oxygen atoms in total. The van der Waals surface area contributed by atoms with Gasteiger partial charge in [0.05, 0.1) is 0 Å². The first-order valence-corrected chi connectivity index (χ1v) is 8.55. The summed E-state index contributed by atoms with van der Waals surface area (Å²) in [5.74, 6) is -0.0601. The lowest BCUT2D eigenvalue weighted by molar-refractivity contribution is -0.137. The van der Waals surface area contributed by atoms with Gasteiger partial charge in [0, 0.05) is 18.2 Å². The van der Waals surface area contributed by atoms with Crippen LogP contribution in [0.4, 0.5) is 0 Å². The molecule has 1 atom stereocenters. The number of aromatic nitrogens is 1. The van der Waals surface area contributed by atoms with E-state index >= 15 is 0 Å². The summed E-state index contributed by atoms with van der Waals surface area (Å²) in [5.41, 5.74) is 0.890. The lowest BCUT2D eigenvalue weighted by atomic mass is 10.0. The summed E-state index contributed by atoms with van der Waals surface area (Å²) in [4.78, 5) is 30.5. The van der Waals surface area contributed by atoms with Crippen molar-refractivity contribution in [3.8, 4) is 11.5 Å². The Kier molecular flexibility index (Phi) is 5.16. The topological polar surface area (TPSA) is 72.6 Å². The molecule has 0 unspecified atom stereocenters. The lowest BCUT2D eigenvalue weighted by Gasteiger charge is -2.33. The first kappa shape index (κ1) is 17.2. The van der Waals surface area contributed by atoms with Crippen molar-refractivity contribution < 1.29 is 18.7 Å². The van der Waals surface area contributed by atoms with Gasteiger partial charge >= 0.3 is 5.97 Å². The molecule has 1 aliphatic heterocycles. The summed E-state index contributed by atoms with van der Waals surface area (Å²) in [6, 6.07) is 9.51. The highest BCUT2D eigenvalue weighted by Gasteiger charge is 2.25. The van der Waals surface area contributed by atoms with E-state index in [1.165, 1.54) is 0 Å². The van der Waals surface area contributed by atoms with Gasteiger partial charge in [0.1, 0.15) is 5.76 Å². The van der Waals surface area contributed by atoms with Crippen LogP contribution in [0.15, 0.2) is 34.7 Å². The molecule has 1 fully saturated rings. The lowest BCUT2D eigenvalue weighted by Crippen LogP contribution is -2.44. The second-order valence-corrected chi connectivity index (χ2v) is 6.30. The first-order valence-electron chi connectivity index (χ1n) is 8.55. The minimum absolute atomic E-state index is 0.110. The van der Waals surface area contributed by atoms with Gasteiger partial charge < -0.3 is 14.1 Å². The third kappa shape index (κ3) is 3.90. The minimum atomic E-state index is -0.638. The number of likely N-dealkylation sites (tertiary alicyclic amines) is 1. The molecule has 6 heteroatoms. The number of carbonyl (C=O) groups is 2. The van der Waals surface area contributed by atoms with Gasteiger partial charge in [-0.2, -0.15) is 0 Å². The first-order chi connectivity index (χ1) is 12.1. The molecule has 0 bridgehead atoms. The van der Waals surface area contributed by atoms with E-state index in [4.69, 9.17) is 9.15 Å². The van der Waals surface area contributed by atoms with Crippen molar-refractivity contribution in [3.05, 3.63) is 41.8 Å². The summed E-state index contributed by atoms with van der Waals surface area (Å²) < 4.78 is 10.7. The monoisotopic (exact) mass is 342 g/mol.